The normalized spacial score (nSPS) is 14.7. The SMILES string of the molecule is CCCCOCCOC(c1sccc1C)C(C)N. The van der Waals surface area contributed by atoms with E-state index in [-0.39, 0.29) is 12.1 Å². The zero-order chi connectivity index (χ0) is 13.4. The van der Waals surface area contributed by atoms with Crippen LogP contribution in [-0.2, 0) is 9.47 Å². The molecule has 0 aromatic carbocycles. The third-order valence-electron chi connectivity index (χ3n) is 2.80. The molecular weight excluding hydrogens is 246 g/mol. The van der Waals surface area contributed by atoms with Crippen LogP contribution < -0.4 is 5.73 Å². The maximum Gasteiger partial charge on any atom is 0.107 e. The topological polar surface area (TPSA) is 44.5 Å². The average Bonchev–Trinajstić information content (AvgIpc) is 2.74. The van der Waals surface area contributed by atoms with Crippen LogP contribution in [0.3, 0.4) is 0 Å². The summed E-state index contributed by atoms with van der Waals surface area (Å²) in [6.07, 6.45) is 2.26. The molecule has 1 heterocycles. The summed E-state index contributed by atoms with van der Waals surface area (Å²) in [6, 6.07) is 2.11. The molecule has 4 heteroatoms. The summed E-state index contributed by atoms with van der Waals surface area (Å²) in [4.78, 5) is 1.23. The van der Waals surface area contributed by atoms with Crippen LogP contribution in [0, 0.1) is 6.92 Å². The number of ether oxygens (including phenoxy) is 2. The molecule has 0 radical (unpaired) electrons. The van der Waals surface area contributed by atoms with E-state index in [2.05, 4.69) is 25.3 Å². The fraction of sp³-hybridized carbons (Fsp3) is 0.714. The molecule has 2 N–H and O–H groups in total. The van der Waals surface area contributed by atoms with E-state index < -0.39 is 0 Å². The molecular formula is C14H25NO2S. The number of hydrogen-bond donors (Lipinski definition) is 1. The minimum Gasteiger partial charge on any atom is -0.379 e. The number of aryl methyl sites for hydroxylation is 1. The largest absolute Gasteiger partial charge is 0.379 e. The predicted octanol–water partition coefficient (Wildman–Crippen LogP) is 3.28. The number of nitrogens with two attached hydrogens (primary N) is 1. The van der Waals surface area contributed by atoms with Gasteiger partial charge in [-0.05, 0) is 37.3 Å². The van der Waals surface area contributed by atoms with Crippen LogP contribution in [0.15, 0.2) is 11.4 Å². The van der Waals surface area contributed by atoms with Crippen molar-refractivity contribution in [1.82, 2.24) is 0 Å². The lowest BCUT2D eigenvalue weighted by Gasteiger charge is -2.21. The Morgan fingerprint density at radius 2 is 2.11 bits per heavy atom. The maximum atomic E-state index is 6.00. The minimum atomic E-state index is -0.0141. The Balaban J connectivity index is 2.34. The van der Waals surface area contributed by atoms with Gasteiger partial charge in [0.2, 0.25) is 0 Å². The molecule has 2 unspecified atom stereocenters. The van der Waals surface area contributed by atoms with Crippen LogP contribution >= 0.6 is 11.3 Å². The molecule has 2 atom stereocenters. The number of unbranched alkanes of at least 4 members (excludes halogenated alkanes) is 1. The van der Waals surface area contributed by atoms with Crippen LogP contribution in [0.2, 0.25) is 0 Å². The van der Waals surface area contributed by atoms with Gasteiger partial charge < -0.3 is 15.2 Å². The maximum absolute atomic E-state index is 6.00. The highest BCUT2D eigenvalue weighted by molar-refractivity contribution is 7.10. The van der Waals surface area contributed by atoms with Crippen molar-refractivity contribution in [3.05, 3.63) is 21.9 Å². The molecule has 0 amide bonds. The van der Waals surface area contributed by atoms with Gasteiger partial charge in [-0.1, -0.05) is 13.3 Å². The Labute approximate surface area is 114 Å². The molecule has 0 aliphatic rings. The Kier molecular flexibility index (Phi) is 7.51. The van der Waals surface area contributed by atoms with Crippen molar-refractivity contribution in [2.24, 2.45) is 5.73 Å². The number of hydrogen-bond acceptors (Lipinski definition) is 4. The molecule has 0 bridgehead atoms. The van der Waals surface area contributed by atoms with Crippen LogP contribution in [-0.4, -0.2) is 25.9 Å². The van der Waals surface area contributed by atoms with Crippen molar-refractivity contribution in [2.75, 3.05) is 19.8 Å². The van der Waals surface area contributed by atoms with Crippen molar-refractivity contribution in [2.45, 2.75) is 45.8 Å². The zero-order valence-electron chi connectivity index (χ0n) is 11.6. The molecule has 0 saturated heterocycles. The van der Waals surface area contributed by atoms with Crippen LogP contribution in [0.25, 0.3) is 0 Å². The highest BCUT2D eigenvalue weighted by Crippen LogP contribution is 2.28. The molecule has 0 aliphatic carbocycles. The number of thiophene rings is 1. The van der Waals surface area contributed by atoms with Crippen LogP contribution in [0.1, 0.15) is 43.2 Å². The minimum absolute atomic E-state index is 0.00186. The van der Waals surface area contributed by atoms with Gasteiger partial charge in [0.1, 0.15) is 6.10 Å². The van der Waals surface area contributed by atoms with E-state index >= 15 is 0 Å². The van der Waals surface area contributed by atoms with E-state index in [9.17, 15) is 0 Å². The first-order valence-corrected chi connectivity index (χ1v) is 7.53. The fourth-order valence-electron chi connectivity index (χ4n) is 1.72. The monoisotopic (exact) mass is 271 g/mol. The van der Waals surface area contributed by atoms with E-state index in [0.717, 1.165) is 19.4 Å². The van der Waals surface area contributed by atoms with Gasteiger partial charge in [0.15, 0.2) is 0 Å². The van der Waals surface area contributed by atoms with E-state index in [1.165, 1.54) is 10.4 Å². The Hall–Kier alpha value is -0.420. The third kappa shape index (κ3) is 5.06. The van der Waals surface area contributed by atoms with Gasteiger partial charge in [-0.15, -0.1) is 11.3 Å². The van der Waals surface area contributed by atoms with Crippen LogP contribution in [0.4, 0.5) is 0 Å². The molecule has 1 rings (SSSR count). The molecule has 0 spiro atoms. The fourth-order valence-corrected chi connectivity index (χ4v) is 2.81. The van der Waals surface area contributed by atoms with Gasteiger partial charge in [-0.25, -0.2) is 0 Å². The van der Waals surface area contributed by atoms with Gasteiger partial charge in [-0.3, -0.25) is 0 Å². The highest BCUT2D eigenvalue weighted by atomic mass is 32.1. The Morgan fingerprint density at radius 1 is 1.33 bits per heavy atom. The molecule has 0 aliphatic heterocycles. The summed E-state index contributed by atoms with van der Waals surface area (Å²) < 4.78 is 11.4. The first-order chi connectivity index (χ1) is 8.66. The Bertz CT molecular complexity index is 325. The van der Waals surface area contributed by atoms with E-state index in [1.54, 1.807) is 11.3 Å². The first kappa shape index (κ1) is 15.6. The predicted molar refractivity (Wildman–Crippen MR) is 77.1 cm³/mol. The van der Waals surface area contributed by atoms with E-state index in [0.29, 0.717) is 13.2 Å². The second kappa shape index (κ2) is 8.64. The third-order valence-corrected chi connectivity index (χ3v) is 3.89. The van der Waals surface area contributed by atoms with Crippen molar-refractivity contribution >= 4 is 11.3 Å². The van der Waals surface area contributed by atoms with Gasteiger partial charge in [0.25, 0.3) is 0 Å². The van der Waals surface area contributed by atoms with Crippen molar-refractivity contribution in [3.63, 3.8) is 0 Å². The Morgan fingerprint density at radius 3 is 2.67 bits per heavy atom. The second-order valence-corrected chi connectivity index (χ2v) is 5.53. The lowest BCUT2D eigenvalue weighted by Crippen LogP contribution is -2.27. The van der Waals surface area contributed by atoms with Crippen molar-refractivity contribution in [1.29, 1.82) is 0 Å². The molecule has 18 heavy (non-hydrogen) atoms. The number of rotatable bonds is 9. The highest BCUT2D eigenvalue weighted by Gasteiger charge is 2.19. The summed E-state index contributed by atoms with van der Waals surface area (Å²) in [6.45, 7) is 8.32. The summed E-state index contributed by atoms with van der Waals surface area (Å²) in [5, 5.41) is 2.08. The summed E-state index contributed by atoms with van der Waals surface area (Å²) in [5.74, 6) is 0. The molecule has 3 nitrogen and oxygen atoms in total. The summed E-state index contributed by atoms with van der Waals surface area (Å²) >= 11 is 1.71. The lowest BCUT2D eigenvalue weighted by molar-refractivity contribution is -0.00397. The van der Waals surface area contributed by atoms with Gasteiger partial charge in [-0.2, -0.15) is 0 Å². The van der Waals surface area contributed by atoms with Crippen molar-refractivity contribution < 1.29 is 9.47 Å². The molecule has 1 aromatic rings. The lowest BCUT2D eigenvalue weighted by atomic mass is 10.1. The second-order valence-electron chi connectivity index (χ2n) is 4.58. The van der Waals surface area contributed by atoms with Crippen molar-refractivity contribution in [3.8, 4) is 0 Å². The summed E-state index contributed by atoms with van der Waals surface area (Å²) in [5.41, 5.74) is 7.26. The molecule has 0 saturated carbocycles. The van der Waals surface area contributed by atoms with E-state index in [4.69, 9.17) is 15.2 Å². The standard InChI is InChI=1S/C14H25NO2S/c1-4-5-7-16-8-9-17-13(12(3)15)14-11(2)6-10-18-14/h6,10,12-13H,4-5,7-9,15H2,1-3H3. The zero-order valence-corrected chi connectivity index (χ0v) is 12.5. The van der Waals surface area contributed by atoms with Gasteiger partial charge in [0, 0.05) is 17.5 Å². The average molecular weight is 271 g/mol. The molecule has 104 valence electrons. The summed E-state index contributed by atoms with van der Waals surface area (Å²) in [7, 11) is 0. The first-order valence-electron chi connectivity index (χ1n) is 6.65. The van der Waals surface area contributed by atoms with Gasteiger partial charge in [0.05, 0.1) is 13.2 Å². The van der Waals surface area contributed by atoms with Crippen LogP contribution in [0.5, 0.6) is 0 Å². The molecule has 0 fully saturated rings. The molecule has 1 aromatic heterocycles. The van der Waals surface area contributed by atoms with E-state index in [1.807, 2.05) is 6.92 Å². The van der Waals surface area contributed by atoms with Gasteiger partial charge >= 0.3 is 0 Å². The quantitative estimate of drug-likeness (QED) is 0.701. The smallest absolute Gasteiger partial charge is 0.107 e.